The summed E-state index contributed by atoms with van der Waals surface area (Å²) >= 11 is 0. The van der Waals surface area contributed by atoms with Crippen LogP contribution in [0, 0.1) is 0 Å². The van der Waals surface area contributed by atoms with E-state index >= 15 is 0 Å². The lowest BCUT2D eigenvalue weighted by Gasteiger charge is -2.05. The molecule has 0 aliphatic carbocycles. The van der Waals surface area contributed by atoms with Gasteiger partial charge in [0.2, 0.25) is 0 Å². The summed E-state index contributed by atoms with van der Waals surface area (Å²) in [4.78, 5) is 0. The van der Waals surface area contributed by atoms with E-state index in [0.717, 1.165) is 0 Å². The van der Waals surface area contributed by atoms with Gasteiger partial charge in [-0.05, 0) is 7.05 Å². The van der Waals surface area contributed by atoms with Gasteiger partial charge in [0.05, 0.1) is 18.1 Å². The van der Waals surface area contributed by atoms with Crippen LogP contribution in [0.4, 0.5) is 5.69 Å². The molecular weight excluding hydrogens is 244 g/mol. The van der Waals surface area contributed by atoms with Gasteiger partial charge in [0.1, 0.15) is 0 Å². The van der Waals surface area contributed by atoms with Crippen molar-refractivity contribution in [3.05, 3.63) is 24.2 Å². The van der Waals surface area contributed by atoms with Crippen molar-refractivity contribution in [1.82, 2.24) is 25.7 Å². The molecule has 2 heterocycles. The first-order valence-corrected chi connectivity index (χ1v) is 6.30. The van der Waals surface area contributed by atoms with Crippen LogP contribution in [-0.2, 0) is 16.6 Å². The highest BCUT2D eigenvalue weighted by atomic mass is 32.2. The number of rotatable bonds is 5. The second-order valence-corrected chi connectivity index (χ2v) is 4.97. The fourth-order valence-electron chi connectivity index (χ4n) is 1.36. The van der Waals surface area contributed by atoms with E-state index in [4.69, 9.17) is 0 Å². The molecule has 4 N–H and O–H groups in total. The number of hydrogen-bond acceptors (Lipinski definition) is 5. The maximum absolute atomic E-state index is 12.0. The number of aromatic nitrogens is 4. The molecule has 9 heteroatoms. The van der Waals surface area contributed by atoms with E-state index in [1.54, 1.807) is 7.05 Å². The molecule has 2 aromatic heterocycles. The Morgan fingerprint density at radius 2 is 2.18 bits per heavy atom. The van der Waals surface area contributed by atoms with E-state index < -0.39 is 10.0 Å². The Morgan fingerprint density at radius 3 is 2.82 bits per heavy atom. The van der Waals surface area contributed by atoms with Crippen LogP contribution in [0.5, 0.6) is 0 Å². The Kier molecular flexibility index (Phi) is 3.11. The van der Waals surface area contributed by atoms with Crippen molar-refractivity contribution < 1.29 is 8.42 Å². The predicted molar refractivity (Wildman–Crippen MR) is 60.7 cm³/mol. The number of nitrogens with one attached hydrogen (secondary N) is 4. The highest BCUT2D eigenvalue weighted by Gasteiger charge is 2.20. The Bertz CT molecular complexity index is 573. The Morgan fingerprint density at radius 1 is 1.35 bits per heavy atom. The van der Waals surface area contributed by atoms with Crippen molar-refractivity contribution in [2.75, 3.05) is 11.8 Å². The minimum atomic E-state index is -3.66. The first-order chi connectivity index (χ1) is 8.13. The lowest BCUT2D eigenvalue weighted by molar-refractivity contribution is 0.595. The van der Waals surface area contributed by atoms with Crippen molar-refractivity contribution in [2.45, 2.75) is 11.6 Å². The molecule has 0 aliphatic rings. The Hall–Kier alpha value is -1.87. The Balaban J connectivity index is 2.28. The standard InChI is InChI=1S/C8H12N6O2S/c1-9-2-6-3-12-13-8(6)17(15,16)14-7-4-10-11-5-7/h3-5,9,14H,2H2,1H3,(H,10,11)(H,12,13). The van der Waals surface area contributed by atoms with Crippen LogP contribution in [-0.4, -0.2) is 35.9 Å². The molecule has 17 heavy (non-hydrogen) atoms. The maximum atomic E-state index is 12.0. The summed E-state index contributed by atoms with van der Waals surface area (Å²) in [6.07, 6.45) is 4.30. The summed E-state index contributed by atoms with van der Waals surface area (Å²) in [7, 11) is -1.93. The molecule has 0 aliphatic heterocycles. The fraction of sp³-hybridized carbons (Fsp3) is 0.250. The summed E-state index contributed by atoms with van der Waals surface area (Å²) in [5, 5.41) is 15.3. The number of H-pyrrole nitrogens is 2. The van der Waals surface area contributed by atoms with Crippen molar-refractivity contribution in [3.8, 4) is 0 Å². The SMILES string of the molecule is CNCc1cn[nH]c1S(=O)(=O)Nc1cn[nH]c1. The molecule has 0 atom stereocenters. The average Bonchev–Trinajstić information content (AvgIpc) is 2.88. The third kappa shape index (κ3) is 2.45. The second-order valence-electron chi connectivity index (χ2n) is 3.35. The van der Waals surface area contributed by atoms with E-state index in [0.29, 0.717) is 17.8 Å². The zero-order valence-corrected chi connectivity index (χ0v) is 9.87. The summed E-state index contributed by atoms with van der Waals surface area (Å²) in [6, 6.07) is 0. The molecular formula is C8H12N6O2S. The molecule has 8 nitrogen and oxygen atoms in total. The van der Waals surface area contributed by atoms with Gasteiger partial charge in [0, 0.05) is 18.3 Å². The van der Waals surface area contributed by atoms with E-state index in [9.17, 15) is 8.42 Å². The van der Waals surface area contributed by atoms with Gasteiger partial charge in [0.15, 0.2) is 5.03 Å². The minimum Gasteiger partial charge on any atom is -0.316 e. The number of hydrogen-bond donors (Lipinski definition) is 4. The monoisotopic (exact) mass is 256 g/mol. The molecule has 0 fully saturated rings. The maximum Gasteiger partial charge on any atom is 0.279 e. The van der Waals surface area contributed by atoms with Gasteiger partial charge >= 0.3 is 0 Å². The first-order valence-electron chi connectivity index (χ1n) is 4.82. The predicted octanol–water partition coefficient (Wildman–Crippen LogP) is -0.347. The topological polar surface area (TPSA) is 116 Å². The van der Waals surface area contributed by atoms with E-state index in [2.05, 4.69) is 30.4 Å². The van der Waals surface area contributed by atoms with Crippen LogP contribution in [0.25, 0.3) is 0 Å². The van der Waals surface area contributed by atoms with E-state index in [-0.39, 0.29) is 5.03 Å². The van der Waals surface area contributed by atoms with Gasteiger partial charge in [-0.2, -0.15) is 18.6 Å². The lowest BCUT2D eigenvalue weighted by Crippen LogP contribution is -2.16. The van der Waals surface area contributed by atoms with Crippen molar-refractivity contribution in [1.29, 1.82) is 0 Å². The van der Waals surface area contributed by atoms with Crippen molar-refractivity contribution in [2.24, 2.45) is 0 Å². The molecule has 92 valence electrons. The lowest BCUT2D eigenvalue weighted by atomic mass is 10.4. The second kappa shape index (κ2) is 4.55. The van der Waals surface area contributed by atoms with Crippen molar-refractivity contribution >= 4 is 15.7 Å². The molecule has 2 rings (SSSR count). The van der Waals surface area contributed by atoms with Gasteiger partial charge in [-0.25, -0.2) is 0 Å². The number of aromatic amines is 2. The van der Waals surface area contributed by atoms with Gasteiger partial charge in [-0.15, -0.1) is 0 Å². The molecule has 0 aromatic carbocycles. The van der Waals surface area contributed by atoms with Gasteiger partial charge < -0.3 is 5.32 Å². The summed E-state index contributed by atoms with van der Waals surface area (Å²) in [5.41, 5.74) is 0.943. The van der Waals surface area contributed by atoms with E-state index in [1.165, 1.54) is 18.6 Å². The quantitative estimate of drug-likeness (QED) is 0.583. The Labute approximate surface area is 97.9 Å². The van der Waals surface area contributed by atoms with Gasteiger partial charge in [-0.1, -0.05) is 0 Å². The molecule has 0 radical (unpaired) electrons. The molecule has 0 spiro atoms. The smallest absolute Gasteiger partial charge is 0.279 e. The van der Waals surface area contributed by atoms with Crippen molar-refractivity contribution in [3.63, 3.8) is 0 Å². The third-order valence-corrected chi connectivity index (χ3v) is 3.46. The third-order valence-electron chi connectivity index (χ3n) is 2.06. The zero-order valence-electron chi connectivity index (χ0n) is 9.06. The average molecular weight is 256 g/mol. The highest BCUT2D eigenvalue weighted by Crippen LogP contribution is 2.15. The minimum absolute atomic E-state index is 0.0491. The van der Waals surface area contributed by atoms with Crippen LogP contribution in [0.2, 0.25) is 0 Å². The summed E-state index contributed by atoms with van der Waals surface area (Å²) < 4.78 is 26.4. The molecule has 0 saturated carbocycles. The summed E-state index contributed by atoms with van der Waals surface area (Å²) in [5.74, 6) is 0. The van der Waals surface area contributed by atoms with Crippen LogP contribution in [0.1, 0.15) is 5.56 Å². The largest absolute Gasteiger partial charge is 0.316 e. The first kappa shape index (κ1) is 11.6. The summed E-state index contributed by atoms with van der Waals surface area (Å²) in [6.45, 7) is 0.415. The van der Waals surface area contributed by atoms with Gasteiger partial charge in [0.25, 0.3) is 10.0 Å². The number of anilines is 1. The molecule has 0 bridgehead atoms. The normalized spacial score (nSPS) is 11.6. The number of nitrogens with zero attached hydrogens (tertiary/aromatic N) is 2. The van der Waals surface area contributed by atoms with E-state index in [1.807, 2.05) is 0 Å². The molecule has 0 amide bonds. The molecule has 0 unspecified atom stereocenters. The van der Waals surface area contributed by atoms with Crippen LogP contribution >= 0.6 is 0 Å². The fourth-order valence-corrected chi connectivity index (χ4v) is 2.53. The highest BCUT2D eigenvalue weighted by molar-refractivity contribution is 7.92. The van der Waals surface area contributed by atoms with Gasteiger partial charge in [-0.3, -0.25) is 14.9 Å². The van der Waals surface area contributed by atoms with Crippen LogP contribution in [0.15, 0.2) is 23.6 Å². The molecule has 0 saturated heterocycles. The number of sulfonamides is 1. The van der Waals surface area contributed by atoms with Crippen LogP contribution < -0.4 is 10.0 Å². The zero-order chi connectivity index (χ0) is 12.3. The van der Waals surface area contributed by atoms with Crippen LogP contribution in [0.3, 0.4) is 0 Å². The molecule has 2 aromatic rings.